The maximum absolute atomic E-state index is 12.3. The second-order valence-corrected chi connectivity index (χ2v) is 12.0. The van der Waals surface area contributed by atoms with E-state index in [2.05, 4.69) is 45.6 Å². The third-order valence-electron chi connectivity index (χ3n) is 8.00. The average molecular weight is 731 g/mol. The number of nitrogens with zero attached hydrogens (tertiary/aromatic N) is 16. The van der Waals surface area contributed by atoms with Gasteiger partial charge in [-0.05, 0) is 25.7 Å². The maximum Gasteiger partial charge on any atom is 0.343 e. The Kier molecular flexibility index (Phi) is 11.6. The number of hydrogen-bond acceptors (Lipinski definition) is 18. The lowest BCUT2D eigenvalue weighted by molar-refractivity contribution is 0.0601. The van der Waals surface area contributed by atoms with E-state index >= 15 is 0 Å². The molecule has 0 saturated carbocycles. The number of azo groups is 2. The van der Waals surface area contributed by atoms with Crippen LogP contribution in [0.5, 0.6) is 0 Å². The number of aliphatic hydroxyl groups is 1. The molecule has 0 amide bonds. The minimum atomic E-state index is -0.710. The molecule has 0 aliphatic heterocycles. The Morgan fingerprint density at radius 3 is 1.70 bits per heavy atom. The Hall–Kier alpha value is -6.45. The molecule has 22 nitrogen and oxygen atoms in total. The summed E-state index contributed by atoms with van der Waals surface area (Å²) >= 11 is 0. The van der Waals surface area contributed by atoms with Crippen LogP contribution in [0.3, 0.4) is 0 Å². The first kappa shape index (κ1) is 37.8. The maximum atomic E-state index is 12.3. The number of anilines is 3. The number of nitrogen functional groups attached to an aromatic ring is 2. The van der Waals surface area contributed by atoms with E-state index in [0.717, 1.165) is 25.7 Å². The van der Waals surface area contributed by atoms with Crippen LogP contribution in [0, 0.1) is 0 Å². The number of carbonyl (C=O) groups is 2. The Labute approximate surface area is 303 Å². The Bertz CT molecular complexity index is 2030. The van der Waals surface area contributed by atoms with Crippen molar-refractivity contribution < 1.29 is 19.4 Å². The summed E-state index contributed by atoms with van der Waals surface area (Å²) in [5.74, 6) is -0.383. The van der Waals surface area contributed by atoms with Crippen molar-refractivity contribution in [3.05, 3.63) is 34.9 Å². The number of esters is 1. The lowest BCUT2D eigenvalue weighted by Crippen LogP contribution is -2.19. The van der Waals surface area contributed by atoms with Crippen LogP contribution in [-0.2, 0) is 31.7 Å². The van der Waals surface area contributed by atoms with Crippen molar-refractivity contribution in [3.8, 4) is 11.9 Å². The molecule has 0 radical (unpaired) electrons. The van der Waals surface area contributed by atoms with Gasteiger partial charge < -0.3 is 26.2 Å². The highest BCUT2D eigenvalue weighted by Gasteiger charge is 2.25. The molecule has 0 aliphatic carbocycles. The molecule has 0 fully saturated rings. The summed E-state index contributed by atoms with van der Waals surface area (Å²) in [6, 6.07) is 0. The summed E-state index contributed by atoms with van der Waals surface area (Å²) in [6.07, 6.45) is 6.96. The molecule has 0 aromatic carbocycles. The van der Waals surface area contributed by atoms with Gasteiger partial charge in [0.1, 0.15) is 12.2 Å². The van der Waals surface area contributed by atoms with Crippen molar-refractivity contribution in [3.63, 3.8) is 0 Å². The number of ketones is 1. The first-order valence-corrected chi connectivity index (χ1v) is 16.7. The summed E-state index contributed by atoms with van der Waals surface area (Å²) < 4.78 is 10.3. The molecule has 0 bridgehead atoms. The Morgan fingerprint density at radius 1 is 0.792 bits per heavy atom. The number of aliphatic hydroxyl groups excluding tert-OH is 1. The summed E-state index contributed by atoms with van der Waals surface area (Å²) in [4.78, 5) is 40.2. The zero-order valence-electron chi connectivity index (χ0n) is 30.6. The minimum Gasteiger partial charge on any atom is -0.465 e. The van der Waals surface area contributed by atoms with Crippen LogP contribution in [0.4, 0.5) is 40.6 Å². The van der Waals surface area contributed by atoms with Gasteiger partial charge in [-0.15, -0.1) is 20.5 Å². The number of carbonyl (C=O) groups excluding carboxylic acids is 2. The second kappa shape index (κ2) is 16.3. The fourth-order valence-corrected chi connectivity index (χ4v) is 5.05. The zero-order chi connectivity index (χ0) is 38.4. The van der Waals surface area contributed by atoms with Crippen LogP contribution in [-0.4, -0.2) is 98.7 Å². The molecule has 0 atom stereocenters. The molecule has 5 N–H and O–H groups in total. The Morgan fingerprint density at radius 2 is 1.26 bits per heavy atom. The van der Waals surface area contributed by atoms with E-state index in [4.69, 9.17) is 26.4 Å². The van der Waals surface area contributed by atoms with Gasteiger partial charge in [-0.3, -0.25) is 4.79 Å². The minimum absolute atomic E-state index is 0.0397. The number of nitrogens with two attached hydrogens (primary N) is 2. The first-order valence-electron chi connectivity index (χ1n) is 16.7. The van der Waals surface area contributed by atoms with E-state index in [1.807, 2.05) is 13.8 Å². The van der Waals surface area contributed by atoms with Gasteiger partial charge in [-0.1, -0.05) is 26.7 Å². The van der Waals surface area contributed by atoms with Crippen LogP contribution < -0.4 is 16.4 Å². The van der Waals surface area contributed by atoms with Crippen molar-refractivity contribution in [2.75, 3.05) is 44.2 Å². The quantitative estimate of drug-likeness (QED) is 0.0745. The van der Waals surface area contributed by atoms with Gasteiger partial charge in [0.2, 0.25) is 5.95 Å². The van der Waals surface area contributed by atoms with Crippen LogP contribution in [0.2, 0.25) is 0 Å². The number of aryl methyl sites for hydroxylation is 4. The van der Waals surface area contributed by atoms with Gasteiger partial charge in [-0.2, -0.15) is 44.7 Å². The molecule has 0 aliphatic rings. The third-order valence-corrected chi connectivity index (χ3v) is 8.00. The zero-order valence-corrected chi connectivity index (χ0v) is 30.6. The normalized spacial score (nSPS) is 11.7. The number of methoxy groups -OCH3 is 1. The van der Waals surface area contributed by atoms with E-state index in [1.165, 1.54) is 38.2 Å². The van der Waals surface area contributed by atoms with E-state index in [1.54, 1.807) is 33.1 Å². The lowest BCUT2D eigenvalue weighted by atomic mass is 10.2. The molecule has 280 valence electrons. The molecular weight excluding hydrogens is 688 g/mol. The fourth-order valence-electron chi connectivity index (χ4n) is 5.05. The largest absolute Gasteiger partial charge is 0.465 e. The highest BCUT2D eigenvalue weighted by molar-refractivity contribution is 6.00. The van der Waals surface area contributed by atoms with Crippen molar-refractivity contribution >= 4 is 52.3 Å². The molecule has 0 spiro atoms. The third kappa shape index (κ3) is 7.75. The monoisotopic (exact) mass is 730 g/mol. The molecule has 53 heavy (non-hydrogen) atoms. The number of hydrogen-bond donors (Lipinski definition) is 3. The van der Waals surface area contributed by atoms with Crippen LogP contribution >= 0.6 is 0 Å². The van der Waals surface area contributed by atoms with Gasteiger partial charge in [0.15, 0.2) is 40.4 Å². The van der Waals surface area contributed by atoms with Crippen molar-refractivity contribution in [2.45, 2.75) is 52.4 Å². The van der Waals surface area contributed by atoms with E-state index in [9.17, 15) is 14.7 Å². The molecular formula is C31H42N18O4. The Balaban J connectivity index is 1.63. The molecule has 5 rings (SSSR count). The van der Waals surface area contributed by atoms with Crippen molar-refractivity contribution in [2.24, 2.45) is 34.6 Å². The molecule has 5 aromatic rings. The van der Waals surface area contributed by atoms with Gasteiger partial charge >= 0.3 is 5.97 Å². The van der Waals surface area contributed by atoms with Crippen LogP contribution in [0.15, 0.2) is 32.9 Å². The van der Waals surface area contributed by atoms with Crippen LogP contribution in [0.1, 0.15) is 71.6 Å². The number of rotatable bonds is 16. The van der Waals surface area contributed by atoms with Crippen molar-refractivity contribution in [1.29, 1.82) is 0 Å². The summed E-state index contributed by atoms with van der Waals surface area (Å²) in [7, 11) is 8.00. The van der Waals surface area contributed by atoms with Gasteiger partial charge in [0.05, 0.1) is 36.5 Å². The van der Waals surface area contributed by atoms with Crippen molar-refractivity contribution in [1.82, 2.24) is 54.1 Å². The van der Waals surface area contributed by atoms with E-state index < -0.39 is 18.4 Å². The predicted octanol–water partition coefficient (Wildman–Crippen LogP) is 3.42. The highest BCUT2D eigenvalue weighted by Crippen LogP contribution is 2.35. The topological polar surface area (TPSA) is 278 Å². The first-order chi connectivity index (χ1) is 25.4. The number of Topliss-reactive ketones (excluding diaryl/α,β-unsaturated/α-hetero) is 1. The molecule has 5 heterocycles. The van der Waals surface area contributed by atoms with Crippen LogP contribution in [0.25, 0.3) is 11.9 Å². The summed E-state index contributed by atoms with van der Waals surface area (Å²) in [5.41, 5.74) is 15.1. The highest BCUT2D eigenvalue weighted by atomic mass is 16.5. The molecule has 0 saturated heterocycles. The SMILES string of the molecule is CCCCc1nn(-c2nc(N(C)C)nc(-n3nc(CCCC)c(/N=N/c4c(C(=O)OC)cnn4C)c3N)n2)c(N)c1/N=N/c1c(C(=O)CO)cnn1C. The summed E-state index contributed by atoms with van der Waals surface area (Å²) in [5, 5.41) is 44.5. The van der Waals surface area contributed by atoms with Gasteiger partial charge in [0.25, 0.3) is 11.9 Å². The second-order valence-electron chi connectivity index (χ2n) is 12.0. The smallest absolute Gasteiger partial charge is 0.343 e. The van der Waals surface area contributed by atoms with Gasteiger partial charge in [-0.25, -0.2) is 14.2 Å². The molecule has 5 aromatic heterocycles. The number of unbranched alkanes of at least 4 members (excludes halogenated alkanes) is 2. The van der Waals surface area contributed by atoms with E-state index in [-0.39, 0.29) is 63.6 Å². The fraction of sp³-hybridized carbons (Fsp3) is 0.452. The molecule has 0 unspecified atom stereocenters. The predicted molar refractivity (Wildman–Crippen MR) is 192 cm³/mol. The average Bonchev–Trinajstić information content (AvgIpc) is 3.89. The standard InChI is InChI=1S/C31H42N18O4/c1-8-10-12-19-22(39-41-26-17(21(51)16-50)14-34-46(26)5)24(32)48(43-19)30-36-29(45(3)4)37-31(38-30)49-25(33)23(20(44-49)13-11-9-2)40-42-27-18(28(52)53-7)15-35-47(27)6/h14-15,50H,8-13,16,32-33H2,1-7H3/b41-39+,42-40+. The van der Waals surface area contributed by atoms with Gasteiger partial charge in [0, 0.05) is 28.2 Å². The number of aromatic nitrogens is 11. The lowest BCUT2D eigenvalue weighted by Gasteiger charge is -2.13. The number of ether oxygens (including phenoxy) is 1. The summed E-state index contributed by atoms with van der Waals surface area (Å²) in [6.45, 7) is 3.37. The van der Waals surface area contributed by atoms with E-state index in [0.29, 0.717) is 24.2 Å². The molecule has 22 heteroatoms.